The number of amides is 2. The van der Waals surface area contributed by atoms with E-state index in [1.165, 1.54) is 16.9 Å². The van der Waals surface area contributed by atoms with Gasteiger partial charge in [-0.15, -0.1) is 11.3 Å². The predicted molar refractivity (Wildman–Crippen MR) is 112 cm³/mol. The average molecular weight is 450 g/mol. The first-order valence-corrected chi connectivity index (χ1v) is 10.8. The Morgan fingerprint density at radius 2 is 1.85 bits per heavy atom. The third-order valence-corrected chi connectivity index (χ3v) is 6.22. The number of nitrogens with one attached hydrogen (secondary N) is 1. The third kappa shape index (κ3) is 6.16. The lowest BCUT2D eigenvalue weighted by molar-refractivity contribution is -0.122. The van der Waals surface area contributed by atoms with Crippen LogP contribution in [0.4, 0.5) is 0 Å². The Morgan fingerprint density at radius 1 is 1.04 bits per heavy atom. The molecule has 0 radical (unpaired) electrons. The third-order valence-electron chi connectivity index (χ3n) is 4.61. The smallest absolute Gasteiger partial charge is 0.264 e. The normalized spacial score (nSPS) is 15.4. The van der Waals surface area contributed by atoms with Gasteiger partial charge < -0.3 is 10.2 Å². The van der Waals surface area contributed by atoms with Crippen molar-refractivity contribution in [1.82, 2.24) is 15.1 Å². The number of rotatable bonds is 6. The monoisotopic (exact) mass is 449 g/mol. The fourth-order valence-corrected chi connectivity index (χ4v) is 4.52. The molecule has 3 rings (SSSR count). The molecule has 1 N–H and O–H groups in total. The molecule has 0 spiro atoms. The Morgan fingerprint density at radius 3 is 2.59 bits per heavy atom. The number of benzene rings is 1. The number of nitrogens with zero attached hydrogens (tertiary/aromatic N) is 2. The summed E-state index contributed by atoms with van der Waals surface area (Å²) in [5.74, 6) is 0.132. The molecule has 1 aliphatic heterocycles. The minimum Gasteiger partial charge on any atom is -0.355 e. The second-order valence-electron chi connectivity index (χ2n) is 6.61. The van der Waals surface area contributed by atoms with Crippen LogP contribution in [-0.4, -0.2) is 60.9 Å². The van der Waals surface area contributed by atoms with Crippen LogP contribution in [0.1, 0.15) is 21.7 Å². The maximum Gasteiger partial charge on any atom is 0.264 e. The van der Waals surface area contributed by atoms with Crippen molar-refractivity contribution in [3.8, 4) is 0 Å². The van der Waals surface area contributed by atoms with E-state index in [0.717, 1.165) is 41.1 Å². The van der Waals surface area contributed by atoms with E-state index in [4.69, 9.17) is 0 Å². The van der Waals surface area contributed by atoms with Crippen molar-refractivity contribution in [2.45, 2.75) is 12.8 Å². The highest BCUT2D eigenvalue weighted by atomic mass is 79.9. The first-order valence-electron chi connectivity index (χ1n) is 9.19. The molecule has 1 aromatic heterocycles. The molecule has 1 aliphatic rings. The molecule has 0 bridgehead atoms. The summed E-state index contributed by atoms with van der Waals surface area (Å²) in [6, 6.07) is 13.9. The number of carbonyl (C=O) groups excluding carboxylic acids is 2. The maximum atomic E-state index is 12.6. The number of carbonyl (C=O) groups is 2. The molecule has 1 saturated heterocycles. The molecule has 144 valence electrons. The van der Waals surface area contributed by atoms with Gasteiger partial charge >= 0.3 is 0 Å². The predicted octanol–water partition coefficient (Wildman–Crippen LogP) is 3.02. The summed E-state index contributed by atoms with van der Waals surface area (Å²) in [4.78, 5) is 29.6. The van der Waals surface area contributed by atoms with Crippen LogP contribution < -0.4 is 5.32 Å². The molecule has 0 aliphatic carbocycles. The summed E-state index contributed by atoms with van der Waals surface area (Å²) in [7, 11) is 0. The van der Waals surface area contributed by atoms with Crippen molar-refractivity contribution in [2.75, 3.05) is 39.3 Å². The van der Waals surface area contributed by atoms with Crippen molar-refractivity contribution in [1.29, 1.82) is 0 Å². The molecular formula is C20H24BrN3O2S. The summed E-state index contributed by atoms with van der Waals surface area (Å²) in [6.07, 6.45) is 1.72. The Bertz CT molecular complexity index is 766. The van der Waals surface area contributed by atoms with E-state index in [1.807, 2.05) is 35.2 Å². The SMILES string of the molecule is O=C(CN1CCCN(C(=O)c2ccc(Br)s2)CC1)NCCc1ccccc1. The largest absolute Gasteiger partial charge is 0.355 e. The highest BCUT2D eigenvalue weighted by Crippen LogP contribution is 2.23. The van der Waals surface area contributed by atoms with Gasteiger partial charge in [0.2, 0.25) is 5.91 Å². The van der Waals surface area contributed by atoms with Crippen LogP contribution in [0.5, 0.6) is 0 Å². The van der Waals surface area contributed by atoms with Gasteiger partial charge in [0.25, 0.3) is 5.91 Å². The highest BCUT2D eigenvalue weighted by Gasteiger charge is 2.22. The first-order chi connectivity index (χ1) is 13.1. The van der Waals surface area contributed by atoms with E-state index >= 15 is 0 Å². The van der Waals surface area contributed by atoms with Gasteiger partial charge in [-0.2, -0.15) is 0 Å². The van der Waals surface area contributed by atoms with Crippen LogP contribution in [-0.2, 0) is 11.2 Å². The Kier molecular flexibility index (Phi) is 7.43. The zero-order valence-electron chi connectivity index (χ0n) is 15.2. The molecular weight excluding hydrogens is 426 g/mol. The summed E-state index contributed by atoms with van der Waals surface area (Å²) < 4.78 is 0.967. The second kappa shape index (κ2) is 10.0. The van der Waals surface area contributed by atoms with Crippen molar-refractivity contribution >= 4 is 39.1 Å². The molecule has 2 amide bonds. The zero-order chi connectivity index (χ0) is 19.1. The first kappa shape index (κ1) is 20.0. The van der Waals surface area contributed by atoms with Gasteiger partial charge in [-0.3, -0.25) is 14.5 Å². The number of thiophene rings is 1. The van der Waals surface area contributed by atoms with Crippen LogP contribution in [0.25, 0.3) is 0 Å². The Balaban J connectivity index is 1.41. The van der Waals surface area contributed by atoms with Crippen LogP contribution in [0.15, 0.2) is 46.3 Å². The fraction of sp³-hybridized carbons (Fsp3) is 0.400. The molecule has 2 heterocycles. The van der Waals surface area contributed by atoms with Gasteiger partial charge in [-0.25, -0.2) is 0 Å². The fourth-order valence-electron chi connectivity index (χ4n) is 3.17. The van der Waals surface area contributed by atoms with Gasteiger partial charge in [0, 0.05) is 32.7 Å². The minimum absolute atomic E-state index is 0.0490. The van der Waals surface area contributed by atoms with Gasteiger partial charge in [0.15, 0.2) is 0 Å². The van der Waals surface area contributed by atoms with Crippen LogP contribution in [0.2, 0.25) is 0 Å². The molecule has 1 fully saturated rings. The van der Waals surface area contributed by atoms with E-state index in [-0.39, 0.29) is 11.8 Å². The maximum absolute atomic E-state index is 12.6. The van der Waals surface area contributed by atoms with E-state index < -0.39 is 0 Å². The van der Waals surface area contributed by atoms with Gasteiger partial charge in [-0.1, -0.05) is 30.3 Å². The van der Waals surface area contributed by atoms with E-state index in [1.54, 1.807) is 0 Å². The number of hydrogen-bond donors (Lipinski definition) is 1. The van der Waals surface area contributed by atoms with Crippen LogP contribution in [0.3, 0.4) is 0 Å². The van der Waals surface area contributed by atoms with Crippen LogP contribution in [0, 0.1) is 0 Å². The lowest BCUT2D eigenvalue weighted by atomic mass is 10.1. The molecule has 0 saturated carbocycles. The van der Waals surface area contributed by atoms with Crippen LogP contribution >= 0.6 is 27.3 Å². The molecule has 7 heteroatoms. The Labute approximate surface area is 172 Å². The van der Waals surface area contributed by atoms with Crippen molar-refractivity contribution in [2.24, 2.45) is 0 Å². The lowest BCUT2D eigenvalue weighted by Gasteiger charge is -2.21. The van der Waals surface area contributed by atoms with Gasteiger partial charge in [0.1, 0.15) is 0 Å². The standard InChI is InChI=1S/C20H24BrN3O2S/c21-18-8-7-17(27-18)20(26)24-12-4-11-23(13-14-24)15-19(25)22-10-9-16-5-2-1-3-6-16/h1-3,5-8H,4,9-15H2,(H,22,25). The number of hydrogen-bond acceptors (Lipinski definition) is 4. The molecule has 1 aromatic carbocycles. The van der Waals surface area contributed by atoms with E-state index in [2.05, 4.69) is 38.3 Å². The van der Waals surface area contributed by atoms with Gasteiger partial charge in [0.05, 0.1) is 15.2 Å². The Hall–Kier alpha value is -1.70. The summed E-state index contributed by atoms with van der Waals surface area (Å²) in [5, 5.41) is 3.00. The van der Waals surface area contributed by atoms with Crippen molar-refractivity contribution < 1.29 is 9.59 Å². The summed E-state index contributed by atoms with van der Waals surface area (Å²) >= 11 is 4.87. The van der Waals surface area contributed by atoms with Crippen molar-refractivity contribution in [3.63, 3.8) is 0 Å². The molecule has 2 aromatic rings. The van der Waals surface area contributed by atoms with E-state index in [0.29, 0.717) is 19.6 Å². The molecule has 27 heavy (non-hydrogen) atoms. The minimum atomic E-state index is 0.0490. The average Bonchev–Trinajstić information content (AvgIpc) is 2.97. The number of halogens is 1. The van der Waals surface area contributed by atoms with Gasteiger partial charge in [-0.05, 0) is 46.5 Å². The highest BCUT2D eigenvalue weighted by molar-refractivity contribution is 9.11. The zero-order valence-corrected chi connectivity index (χ0v) is 17.6. The molecule has 0 unspecified atom stereocenters. The van der Waals surface area contributed by atoms with E-state index in [9.17, 15) is 9.59 Å². The molecule has 5 nitrogen and oxygen atoms in total. The van der Waals surface area contributed by atoms with Crippen molar-refractivity contribution in [3.05, 3.63) is 56.7 Å². The quantitative estimate of drug-likeness (QED) is 0.737. The summed E-state index contributed by atoms with van der Waals surface area (Å²) in [5.41, 5.74) is 1.22. The second-order valence-corrected chi connectivity index (χ2v) is 9.07. The summed E-state index contributed by atoms with van der Waals surface area (Å²) in [6.45, 7) is 4.00. The lowest BCUT2D eigenvalue weighted by Crippen LogP contribution is -2.40. The topological polar surface area (TPSA) is 52.7 Å². The molecule has 0 atom stereocenters.